The molecule has 0 radical (unpaired) electrons. The van der Waals surface area contributed by atoms with Crippen molar-refractivity contribution in [3.8, 4) is 5.75 Å². The zero-order chi connectivity index (χ0) is 13.9. The molecule has 0 unspecified atom stereocenters. The summed E-state index contributed by atoms with van der Waals surface area (Å²) in [6, 6.07) is 9.68. The quantitative estimate of drug-likeness (QED) is 0.238. The van der Waals surface area contributed by atoms with E-state index < -0.39 is 0 Å². The van der Waals surface area contributed by atoms with Gasteiger partial charge in [0, 0.05) is 6.54 Å². The lowest BCUT2D eigenvalue weighted by atomic mass is 10.3. The summed E-state index contributed by atoms with van der Waals surface area (Å²) in [6.45, 7) is 1.25. The minimum atomic E-state index is -0.0885. The topological polar surface area (TPSA) is 124 Å². The van der Waals surface area contributed by atoms with Gasteiger partial charge in [-0.25, -0.2) is 5.43 Å². The van der Waals surface area contributed by atoms with Crippen LogP contribution in [0.25, 0.3) is 0 Å². The van der Waals surface area contributed by atoms with Crippen LogP contribution in [0.4, 0.5) is 0 Å². The summed E-state index contributed by atoms with van der Waals surface area (Å²) in [6.07, 6.45) is 1.77. The van der Waals surface area contributed by atoms with E-state index >= 15 is 0 Å². The number of nitrogens with one attached hydrogen (secondary N) is 1. The number of unbranched alkanes of at least 4 members (excludes halogenated alkanes) is 1. The van der Waals surface area contributed by atoms with Crippen LogP contribution in [0.3, 0.4) is 0 Å². The highest BCUT2D eigenvalue weighted by Crippen LogP contribution is 2.08. The molecule has 0 amide bonds. The molecule has 1 aromatic carbocycles. The van der Waals surface area contributed by atoms with E-state index in [0.717, 1.165) is 18.6 Å². The highest BCUT2D eigenvalue weighted by Gasteiger charge is 1.93. The second-order valence-corrected chi connectivity index (χ2v) is 3.78. The summed E-state index contributed by atoms with van der Waals surface area (Å²) >= 11 is 0. The Labute approximate surface area is 112 Å². The minimum absolute atomic E-state index is 0.0885. The number of hydrazone groups is 1. The van der Waals surface area contributed by atoms with Gasteiger partial charge < -0.3 is 21.9 Å². The van der Waals surface area contributed by atoms with Gasteiger partial charge in [-0.2, -0.15) is 0 Å². The molecule has 0 aliphatic heterocycles. The van der Waals surface area contributed by atoms with Gasteiger partial charge in [0.1, 0.15) is 5.75 Å². The van der Waals surface area contributed by atoms with Crippen molar-refractivity contribution in [3.63, 3.8) is 0 Å². The number of para-hydroxylation sites is 1. The molecule has 19 heavy (non-hydrogen) atoms. The van der Waals surface area contributed by atoms with Crippen molar-refractivity contribution in [1.82, 2.24) is 5.43 Å². The normalized spacial score (nSPS) is 10.8. The van der Waals surface area contributed by atoms with Gasteiger partial charge in [-0.15, -0.1) is 5.10 Å². The van der Waals surface area contributed by atoms with Gasteiger partial charge in [0.2, 0.25) is 11.9 Å². The van der Waals surface area contributed by atoms with Crippen LogP contribution in [0.5, 0.6) is 5.75 Å². The van der Waals surface area contributed by atoms with Crippen molar-refractivity contribution in [3.05, 3.63) is 30.3 Å². The van der Waals surface area contributed by atoms with Gasteiger partial charge in [-0.3, -0.25) is 4.99 Å². The maximum absolute atomic E-state index is 5.54. The van der Waals surface area contributed by atoms with Crippen LogP contribution >= 0.6 is 0 Å². The Kier molecular flexibility index (Phi) is 6.63. The lowest BCUT2D eigenvalue weighted by Gasteiger charge is -2.04. The molecule has 104 valence electrons. The Morgan fingerprint density at radius 2 is 1.84 bits per heavy atom. The maximum Gasteiger partial charge on any atom is 0.209 e. The Morgan fingerprint density at radius 3 is 2.53 bits per heavy atom. The Balaban J connectivity index is 2.08. The number of guanidine groups is 2. The van der Waals surface area contributed by atoms with Crippen LogP contribution in [-0.2, 0) is 0 Å². The predicted octanol–water partition coefficient (Wildman–Crippen LogP) is -0.0617. The van der Waals surface area contributed by atoms with Crippen LogP contribution in [0.1, 0.15) is 12.8 Å². The molecule has 0 spiro atoms. The van der Waals surface area contributed by atoms with E-state index in [1.165, 1.54) is 0 Å². The summed E-state index contributed by atoms with van der Waals surface area (Å²) in [5.74, 6) is 0.978. The van der Waals surface area contributed by atoms with E-state index in [9.17, 15) is 0 Å². The third-order valence-corrected chi connectivity index (χ3v) is 2.15. The smallest absolute Gasteiger partial charge is 0.209 e. The third kappa shape index (κ3) is 7.48. The van der Waals surface area contributed by atoms with Gasteiger partial charge in [0.05, 0.1) is 6.61 Å². The molecule has 0 aliphatic carbocycles. The fraction of sp³-hybridized carbons (Fsp3) is 0.333. The standard InChI is InChI=1S/C12H20N6O/c13-11(14)17-18-12(15)16-8-4-5-9-19-10-6-2-1-3-7-10/h1-3,6-7H,4-5,8-9H2,(H4,13,14,17)(H3,15,16,18). The lowest BCUT2D eigenvalue weighted by Crippen LogP contribution is -2.33. The number of benzene rings is 1. The van der Waals surface area contributed by atoms with Gasteiger partial charge in [-0.05, 0) is 25.0 Å². The van der Waals surface area contributed by atoms with Gasteiger partial charge in [0.25, 0.3) is 0 Å². The molecule has 1 aromatic rings. The van der Waals surface area contributed by atoms with Crippen LogP contribution in [0.15, 0.2) is 40.4 Å². The molecule has 0 heterocycles. The molecule has 1 rings (SSSR count). The molecule has 0 aromatic heterocycles. The first kappa shape index (κ1) is 14.6. The predicted molar refractivity (Wildman–Crippen MR) is 76.6 cm³/mol. The van der Waals surface area contributed by atoms with Crippen molar-refractivity contribution >= 4 is 11.9 Å². The molecule has 7 nitrogen and oxygen atoms in total. The van der Waals surface area contributed by atoms with Crippen molar-refractivity contribution in [2.75, 3.05) is 13.2 Å². The Hall–Kier alpha value is -2.44. The van der Waals surface area contributed by atoms with Crippen molar-refractivity contribution in [2.45, 2.75) is 12.8 Å². The average molecular weight is 264 g/mol. The maximum atomic E-state index is 5.54. The first-order valence-corrected chi connectivity index (χ1v) is 6.01. The van der Waals surface area contributed by atoms with Crippen LogP contribution in [-0.4, -0.2) is 25.1 Å². The van der Waals surface area contributed by atoms with Gasteiger partial charge >= 0.3 is 0 Å². The van der Waals surface area contributed by atoms with E-state index in [4.69, 9.17) is 21.9 Å². The summed E-state index contributed by atoms with van der Waals surface area (Å²) < 4.78 is 5.54. The molecule has 7 N–H and O–H groups in total. The zero-order valence-electron chi connectivity index (χ0n) is 10.7. The second kappa shape index (κ2) is 8.62. The summed E-state index contributed by atoms with van der Waals surface area (Å²) in [7, 11) is 0. The molecule has 0 bridgehead atoms. The monoisotopic (exact) mass is 264 g/mol. The summed E-state index contributed by atoms with van der Waals surface area (Å²) in [5.41, 5.74) is 18.2. The van der Waals surface area contributed by atoms with Crippen LogP contribution in [0, 0.1) is 0 Å². The second-order valence-electron chi connectivity index (χ2n) is 3.78. The number of nitrogens with two attached hydrogens (primary N) is 3. The largest absolute Gasteiger partial charge is 0.494 e. The molecule has 0 saturated heterocycles. The van der Waals surface area contributed by atoms with E-state index in [2.05, 4.69) is 15.5 Å². The zero-order valence-corrected chi connectivity index (χ0v) is 10.7. The fourth-order valence-corrected chi connectivity index (χ4v) is 1.28. The van der Waals surface area contributed by atoms with Gasteiger partial charge in [0.15, 0.2) is 0 Å². The van der Waals surface area contributed by atoms with Crippen molar-refractivity contribution in [1.29, 1.82) is 0 Å². The van der Waals surface area contributed by atoms with E-state index in [1.807, 2.05) is 30.3 Å². The van der Waals surface area contributed by atoms with Crippen LogP contribution < -0.4 is 27.4 Å². The molecule has 0 atom stereocenters. The van der Waals surface area contributed by atoms with Crippen LogP contribution in [0.2, 0.25) is 0 Å². The molecule has 0 fully saturated rings. The van der Waals surface area contributed by atoms with E-state index in [0.29, 0.717) is 13.2 Å². The Morgan fingerprint density at radius 1 is 1.11 bits per heavy atom. The first-order valence-electron chi connectivity index (χ1n) is 6.01. The van der Waals surface area contributed by atoms with E-state index in [1.54, 1.807) is 0 Å². The summed E-state index contributed by atoms with van der Waals surface area (Å²) in [5, 5.41) is 3.52. The fourth-order valence-electron chi connectivity index (χ4n) is 1.28. The van der Waals surface area contributed by atoms with E-state index in [-0.39, 0.29) is 11.9 Å². The first-order chi connectivity index (χ1) is 9.18. The highest BCUT2D eigenvalue weighted by atomic mass is 16.5. The molecule has 7 heteroatoms. The lowest BCUT2D eigenvalue weighted by molar-refractivity contribution is 0.308. The number of hydrogen-bond donors (Lipinski definition) is 4. The van der Waals surface area contributed by atoms with Crippen molar-refractivity contribution < 1.29 is 4.74 Å². The highest BCUT2D eigenvalue weighted by molar-refractivity contribution is 5.81. The number of rotatable bonds is 7. The number of ether oxygens (including phenoxy) is 1. The SMILES string of the molecule is NC(N)=NNC(N)=NCCCCOc1ccccc1. The van der Waals surface area contributed by atoms with Gasteiger partial charge in [-0.1, -0.05) is 18.2 Å². The summed E-state index contributed by atoms with van der Waals surface area (Å²) in [4.78, 5) is 4.05. The average Bonchev–Trinajstić information content (AvgIpc) is 2.41. The molecule has 0 saturated carbocycles. The molecular formula is C12H20N6O. The number of aliphatic imine (C=N–C) groups is 1. The van der Waals surface area contributed by atoms with Crippen molar-refractivity contribution in [2.24, 2.45) is 27.3 Å². The Bertz CT molecular complexity index is 413. The molecular weight excluding hydrogens is 244 g/mol. The number of nitrogens with zero attached hydrogens (tertiary/aromatic N) is 2. The number of hydrogen-bond acceptors (Lipinski definition) is 3. The minimum Gasteiger partial charge on any atom is -0.494 e. The molecule has 0 aliphatic rings. The third-order valence-electron chi connectivity index (χ3n) is 2.15.